The van der Waals surface area contributed by atoms with Crippen molar-refractivity contribution >= 4 is 22.8 Å². The molecule has 1 aliphatic carbocycles. The molecule has 0 radical (unpaired) electrons. The number of fused-ring (bicyclic) bond motifs is 1. The summed E-state index contributed by atoms with van der Waals surface area (Å²) < 4.78 is 0. The molecule has 0 spiro atoms. The summed E-state index contributed by atoms with van der Waals surface area (Å²) in [6.45, 7) is 3.28. The Labute approximate surface area is 118 Å². The third-order valence-corrected chi connectivity index (χ3v) is 4.40. The summed E-state index contributed by atoms with van der Waals surface area (Å²) in [6.07, 6.45) is 5.28. The first-order chi connectivity index (χ1) is 9.31. The molecule has 1 heterocycles. The summed E-state index contributed by atoms with van der Waals surface area (Å²) in [5.41, 5.74) is 3.50. The van der Waals surface area contributed by atoms with Gasteiger partial charge in [0.15, 0.2) is 5.16 Å². The Bertz CT molecular complexity index is 545. The predicted molar refractivity (Wildman–Crippen MR) is 81.8 cm³/mol. The van der Waals surface area contributed by atoms with Crippen LogP contribution in [0.4, 0.5) is 0 Å². The number of H-pyrrole nitrogens is 1. The van der Waals surface area contributed by atoms with Gasteiger partial charge in [0, 0.05) is 11.8 Å². The molecule has 0 saturated heterocycles. The maximum atomic E-state index is 4.60. The van der Waals surface area contributed by atoms with Crippen LogP contribution in [0.3, 0.4) is 0 Å². The van der Waals surface area contributed by atoms with Gasteiger partial charge in [0.25, 0.3) is 0 Å². The zero-order valence-corrected chi connectivity index (χ0v) is 12.2. The van der Waals surface area contributed by atoms with Gasteiger partial charge in [0.1, 0.15) is 0 Å². The highest BCUT2D eigenvalue weighted by molar-refractivity contribution is 7.99. The quantitative estimate of drug-likeness (QED) is 0.600. The smallest absolute Gasteiger partial charge is 0.166 e. The van der Waals surface area contributed by atoms with Crippen LogP contribution in [-0.4, -0.2) is 28.3 Å². The highest BCUT2D eigenvalue weighted by Crippen LogP contribution is 2.21. The van der Waals surface area contributed by atoms with Gasteiger partial charge in [-0.3, -0.25) is 0 Å². The van der Waals surface area contributed by atoms with E-state index in [-0.39, 0.29) is 0 Å². The normalized spacial score (nSPS) is 15.2. The minimum absolute atomic E-state index is 0.839. The lowest BCUT2D eigenvalue weighted by atomic mass is 10.2. The first-order valence-electron chi connectivity index (χ1n) is 7.14. The largest absolute Gasteiger partial charge is 0.333 e. The lowest BCUT2D eigenvalue weighted by Gasteiger charge is -2.01. The van der Waals surface area contributed by atoms with Gasteiger partial charge in [-0.1, -0.05) is 17.8 Å². The second-order valence-electron chi connectivity index (χ2n) is 5.35. The molecule has 1 fully saturated rings. The summed E-state index contributed by atoms with van der Waals surface area (Å²) in [6, 6.07) is 7.20. The van der Waals surface area contributed by atoms with E-state index in [9.17, 15) is 0 Å². The Balaban J connectivity index is 1.42. The van der Waals surface area contributed by atoms with Crippen LogP contribution in [0.2, 0.25) is 0 Å². The van der Waals surface area contributed by atoms with Crippen molar-refractivity contribution < 1.29 is 0 Å². The summed E-state index contributed by atoms with van der Waals surface area (Å²) in [5.74, 6) is 1.14. The number of aromatic amines is 1. The molecular weight excluding hydrogens is 254 g/mol. The average Bonchev–Trinajstić information content (AvgIpc) is 3.13. The van der Waals surface area contributed by atoms with E-state index in [4.69, 9.17) is 0 Å². The van der Waals surface area contributed by atoms with Crippen molar-refractivity contribution in [3.8, 4) is 0 Å². The Morgan fingerprint density at radius 3 is 3.11 bits per heavy atom. The average molecular weight is 275 g/mol. The van der Waals surface area contributed by atoms with Crippen LogP contribution in [0.1, 0.15) is 31.2 Å². The van der Waals surface area contributed by atoms with Crippen molar-refractivity contribution in [2.75, 3.05) is 12.3 Å². The van der Waals surface area contributed by atoms with E-state index in [1.165, 1.54) is 37.8 Å². The van der Waals surface area contributed by atoms with Crippen molar-refractivity contribution in [3.63, 3.8) is 0 Å². The van der Waals surface area contributed by atoms with Crippen molar-refractivity contribution in [1.82, 2.24) is 15.3 Å². The van der Waals surface area contributed by atoms with Gasteiger partial charge in [0.05, 0.1) is 11.0 Å². The van der Waals surface area contributed by atoms with Gasteiger partial charge < -0.3 is 10.3 Å². The summed E-state index contributed by atoms with van der Waals surface area (Å²) in [5, 5.41) is 4.60. The number of rotatable bonds is 7. The van der Waals surface area contributed by atoms with Gasteiger partial charge >= 0.3 is 0 Å². The number of benzene rings is 1. The molecule has 102 valence electrons. The molecule has 0 bridgehead atoms. The fraction of sp³-hybridized carbons (Fsp3) is 0.533. The van der Waals surface area contributed by atoms with Crippen LogP contribution in [0.5, 0.6) is 0 Å². The van der Waals surface area contributed by atoms with E-state index in [1.54, 1.807) is 0 Å². The highest BCUT2D eigenvalue weighted by Gasteiger charge is 2.19. The van der Waals surface area contributed by atoms with Gasteiger partial charge in [-0.25, -0.2) is 4.98 Å². The molecule has 0 amide bonds. The van der Waals surface area contributed by atoms with Crippen LogP contribution < -0.4 is 5.32 Å². The number of thioether (sulfide) groups is 1. The minimum Gasteiger partial charge on any atom is -0.333 e. The van der Waals surface area contributed by atoms with Gasteiger partial charge in [-0.2, -0.15) is 0 Å². The molecule has 0 unspecified atom stereocenters. The van der Waals surface area contributed by atoms with Crippen LogP contribution in [0, 0.1) is 6.92 Å². The standard InChI is InChI=1S/C15H21N3S/c1-11-4-7-13-14(10-11)18-15(17-13)19-9-3-2-8-16-12-5-6-12/h4,7,10,12,16H,2-3,5-6,8-9H2,1H3,(H,17,18). The molecule has 1 saturated carbocycles. The van der Waals surface area contributed by atoms with E-state index in [0.29, 0.717) is 0 Å². The molecule has 19 heavy (non-hydrogen) atoms. The maximum absolute atomic E-state index is 4.60. The molecular formula is C15H21N3S. The van der Waals surface area contributed by atoms with Crippen LogP contribution in [0.15, 0.2) is 23.4 Å². The number of unbranched alkanes of at least 4 members (excludes halogenated alkanes) is 1. The number of aromatic nitrogens is 2. The topological polar surface area (TPSA) is 40.7 Å². The molecule has 0 aliphatic heterocycles. The van der Waals surface area contributed by atoms with Crippen molar-refractivity contribution in [2.45, 2.75) is 43.8 Å². The fourth-order valence-corrected chi connectivity index (χ4v) is 3.04. The second kappa shape index (κ2) is 5.97. The zero-order valence-electron chi connectivity index (χ0n) is 11.4. The fourth-order valence-electron chi connectivity index (χ4n) is 2.16. The Morgan fingerprint density at radius 1 is 1.37 bits per heavy atom. The van der Waals surface area contributed by atoms with E-state index in [1.807, 2.05) is 11.8 Å². The summed E-state index contributed by atoms with van der Waals surface area (Å²) >= 11 is 1.83. The number of hydrogen-bond donors (Lipinski definition) is 2. The Hall–Kier alpha value is -1.00. The zero-order chi connectivity index (χ0) is 13.1. The number of aryl methyl sites for hydroxylation is 1. The number of hydrogen-bond acceptors (Lipinski definition) is 3. The molecule has 1 aromatic carbocycles. The molecule has 2 aromatic rings. The second-order valence-corrected chi connectivity index (χ2v) is 6.43. The molecule has 3 rings (SSSR count). The molecule has 3 nitrogen and oxygen atoms in total. The van der Waals surface area contributed by atoms with Gasteiger partial charge in [-0.15, -0.1) is 0 Å². The molecule has 2 N–H and O–H groups in total. The van der Waals surface area contributed by atoms with E-state index in [0.717, 1.165) is 28.0 Å². The Kier molecular flexibility index (Phi) is 4.09. The molecule has 1 aliphatic rings. The first-order valence-corrected chi connectivity index (χ1v) is 8.12. The summed E-state index contributed by atoms with van der Waals surface area (Å²) in [7, 11) is 0. The molecule has 1 aromatic heterocycles. The van der Waals surface area contributed by atoms with E-state index >= 15 is 0 Å². The van der Waals surface area contributed by atoms with Crippen LogP contribution >= 0.6 is 11.8 Å². The van der Waals surface area contributed by atoms with Crippen molar-refractivity contribution in [3.05, 3.63) is 23.8 Å². The number of nitrogens with zero attached hydrogens (tertiary/aromatic N) is 1. The minimum atomic E-state index is 0.839. The van der Waals surface area contributed by atoms with E-state index in [2.05, 4.69) is 40.4 Å². The first kappa shape index (κ1) is 13.0. The lowest BCUT2D eigenvalue weighted by Crippen LogP contribution is -2.17. The maximum Gasteiger partial charge on any atom is 0.166 e. The highest BCUT2D eigenvalue weighted by atomic mass is 32.2. The number of imidazole rings is 1. The predicted octanol–water partition coefficient (Wildman–Crippen LogP) is 3.50. The molecule has 0 atom stereocenters. The van der Waals surface area contributed by atoms with Crippen LogP contribution in [-0.2, 0) is 0 Å². The van der Waals surface area contributed by atoms with Gasteiger partial charge in [0.2, 0.25) is 0 Å². The number of nitrogens with one attached hydrogen (secondary N) is 2. The van der Waals surface area contributed by atoms with Crippen molar-refractivity contribution in [1.29, 1.82) is 0 Å². The monoisotopic (exact) mass is 275 g/mol. The van der Waals surface area contributed by atoms with Gasteiger partial charge in [-0.05, 0) is 56.8 Å². The Morgan fingerprint density at radius 2 is 2.26 bits per heavy atom. The molecule has 4 heteroatoms. The van der Waals surface area contributed by atoms with E-state index < -0.39 is 0 Å². The SMILES string of the molecule is Cc1ccc2nc(SCCCCNC3CC3)[nH]c2c1. The van der Waals surface area contributed by atoms with Crippen LogP contribution in [0.25, 0.3) is 11.0 Å². The lowest BCUT2D eigenvalue weighted by molar-refractivity contribution is 0.640. The summed E-state index contributed by atoms with van der Waals surface area (Å²) in [4.78, 5) is 7.99. The third kappa shape index (κ3) is 3.74. The van der Waals surface area contributed by atoms with Crippen molar-refractivity contribution in [2.24, 2.45) is 0 Å². The third-order valence-electron chi connectivity index (χ3n) is 3.44.